The first kappa shape index (κ1) is 15.3. The fourth-order valence-corrected chi connectivity index (χ4v) is 3.63. The van der Waals surface area contributed by atoms with Crippen LogP contribution < -0.4 is 4.90 Å². The molecule has 1 saturated carbocycles. The van der Waals surface area contributed by atoms with Gasteiger partial charge in [-0.1, -0.05) is 30.5 Å². The third-order valence-electron chi connectivity index (χ3n) is 4.69. The molecule has 22 heavy (non-hydrogen) atoms. The Hall–Kier alpha value is -1.55. The van der Waals surface area contributed by atoms with Crippen LogP contribution in [0.5, 0.6) is 0 Å². The van der Waals surface area contributed by atoms with Crippen molar-refractivity contribution in [3.63, 3.8) is 0 Å². The zero-order valence-corrected chi connectivity index (χ0v) is 13.6. The summed E-state index contributed by atoms with van der Waals surface area (Å²) in [6.07, 6.45) is 4.19. The molecule has 4 nitrogen and oxygen atoms in total. The molecule has 5 heteroatoms. The van der Waals surface area contributed by atoms with Crippen LogP contribution in [-0.2, 0) is 9.59 Å². The second-order valence-corrected chi connectivity index (χ2v) is 6.72. The Bertz CT molecular complexity index is 584. The van der Waals surface area contributed by atoms with Gasteiger partial charge in [-0.15, -0.1) is 0 Å². The Balaban J connectivity index is 1.73. The molecule has 1 aliphatic carbocycles. The molecule has 0 N–H and O–H groups in total. The Kier molecular flexibility index (Phi) is 4.39. The fraction of sp³-hybridized carbons (Fsp3) is 0.529. The van der Waals surface area contributed by atoms with Crippen molar-refractivity contribution in [2.45, 2.75) is 38.6 Å². The van der Waals surface area contributed by atoms with Gasteiger partial charge >= 0.3 is 0 Å². The van der Waals surface area contributed by atoms with Crippen LogP contribution in [0, 0.1) is 5.92 Å². The molecule has 1 aliphatic heterocycles. The molecule has 0 aromatic heterocycles. The van der Waals surface area contributed by atoms with Gasteiger partial charge in [0.05, 0.1) is 0 Å². The van der Waals surface area contributed by atoms with Crippen molar-refractivity contribution in [1.29, 1.82) is 0 Å². The van der Waals surface area contributed by atoms with Gasteiger partial charge in [-0.05, 0) is 38.0 Å². The smallest absolute Gasteiger partial charge is 0.246 e. The zero-order valence-electron chi connectivity index (χ0n) is 12.8. The SMILES string of the molecule is CC1CN(c2cccc(Cl)c2)C(=O)CN1C(=O)C1CCCC1. The zero-order chi connectivity index (χ0) is 15.7. The highest BCUT2D eigenvalue weighted by Crippen LogP contribution is 2.29. The summed E-state index contributed by atoms with van der Waals surface area (Å²) in [6.45, 7) is 2.71. The van der Waals surface area contributed by atoms with Crippen molar-refractivity contribution in [2.24, 2.45) is 5.92 Å². The van der Waals surface area contributed by atoms with Crippen LogP contribution in [-0.4, -0.2) is 35.8 Å². The lowest BCUT2D eigenvalue weighted by Crippen LogP contribution is -2.58. The summed E-state index contributed by atoms with van der Waals surface area (Å²) in [5.41, 5.74) is 0.803. The van der Waals surface area contributed by atoms with E-state index in [2.05, 4.69) is 0 Å². The second kappa shape index (κ2) is 6.29. The molecular formula is C17H21ClN2O2. The van der Waals surface area contributed by atoms with Crippen molar-refractivity contribution in [3.05, 3.63) is 29.3 Å². The van der Waals surface area contributed by atoms with Gasteiger partial charge < -0.3 is 9.80 Å². The highest BCUT2D eigenvalue weighted by Gasteiger charge is 2.36. The first-order valence-corrected chi connectivity index (χ1v) is 8.30. The summed E-state index contributed by atoms with van der Waals surface area (Å²) in [6, 6.07) is 7.33. The van der Waals surface area contributed by atoms with Crippen molar-refractivity contribution < 1.29 is 9.59 Å². The van der Waals surface area contributed by atoms with E-state index in [9.17, 15) is 9.59 Å². The number of hydrogen-bond donors (Lipinski definition) is 0. The van der Waals surface area contributed by atoms with E-state index in [1.54, 1.807) is 21.9 Å². The van der Waals surface area contributed by atoms with Crippen molar-refractivity contribution in [3.8, 4) is 0 Å². The number of carbonyl (C=O) groups excluding carboxylic acids is 2. The number of halogens is 1. The van der Waals surface area contributed by atoms with Crippen LogP contribution in [0.2, 0.25) is 5.02 Å². The third kappa shape index (κ3) is 2.98. The summed E-state index contributed by atoms with van der Waals surface area (Å²) >= 11 is 6.01. The molecule has 1 unspecified atom stereocenters. The van der Waals surface area contributed by atoms with Gasteiger partial charge in [-0.3, -0.25) is 9.59 Å². The van der Waals surface area contributed by atoms with E-state index in [0.717, 1.165) is 31.4 Å². The predicted octanol–water partition coefficient (Wildman–Crippen LogP) is 3.09. The molecule has 2 aliphatic rings. The number of hydrogen-bond acceptors (Lipinski definition) is 2. The second-order valence-electron chi connectivity index (χ2n) is 6.28. The van der Waals surface area contributed by atoms with Crippen LogP contribution in [0.1, 0.15) is 32.6 Å². The maximum Gasteiger partial charge on any atom is 0.246 e. The first-order chi connectivity index (χ1) is 10.6. The molecule has 1 aromatic rings. The third-order valence-corrected chi connectivity index (χ3v) is 4.93. The van der Waals surface area contributed by atoms with Crippen LogP contribution >= 0.6 is 11.6 Å². The Morgan fingerprint density at radius 2 is 2.00 bits per heavy atom. The lowest BCUT2D eigenvalue weighted by Gasteiger charge is -2.40. The molecule has 1 aromatic carbocycles. The minimum Gasteiger partial charge on any atom is -0.329 e. The Morgan fingerprint density at radius 3 is 2.68 bits per heavy atom. The van der Waals surface area contributed by atoms with Crippen LogP contribution in [0.25, 0.3) is 0 Å². The highest BCUT2D eigenvalue weighted by molar-refractivity contribution is 6.30. The molecular weight excluding hydrogens is 300 g/mol. The number of nitrogens with zero attached hydrogens (tertiary/aromatic N) is 2. The number of benzene rings is 1. The minimum atomic E-state index is -0.0355. The molecule has 2 fully saturated rings. The molecule has 118 valence electrons. The van der Waals surface area contributed by atoms with E-state index in [1.165, 1.54) is 0 Å². The summed E-state index contributed by atoms with van der Waals surface area (Å²) in [4.78, 5) is 28.6. The maximum absolute atomic E-state index is 12.6. The summed E-state index contributed by atoms with van der Waals surface area (Å²) < 4.78 is 0. The van der Waals surface area contributed by atoms with Crippen molar-refractivity contribution in [1.82, 2.24) is 4.90 Å². The van der Waals surface area contributed by atoms with Gasteiger partial charge in [0.2, 0.25) is 11.8 Å². The van der Waals surface area contributed by atoms with E-state index in [4.69, 9.17) is 11.6 Å². The number of anilines is 1. The van der Waals surface area contributed by atoms with Crippen LogP contribution in [0.3, 0.4) is 0 Å². The van der Waals surface area contributed by atoms with Crippen molar-refractivity contribution >= 4 is 29.1 Å². The van der Waals surface area contributed by atoms with E-state index in [-0.39, 0.29) is 30.3 Å². The normalized spacial score (nSPS) is 23.2. The number of rotatable bonds is 2. The van der Waals surface area contributed by atoms with E-state index in [0.29, 0.717) is 11.6 Å². The predicted molar refractivity (Wildman–Crippen MR) is 86.9 cm³/mol. The molecule has 0 bridgehead atoms. The first-order valence-electron chi connectivity index (χ1n) is 7.92. The van der Waals surface area contributed by atoms with E-state index < -0.39 is 0 Å². The van der Waals surface area contributed by atoms with Gasteiger partial charge in [0, 0.05) is 29.2 Å². The van der Waals surface area contributed by atoms with Crippen molar-refractivity contribution in [2.75, 3.05) is 18.0 Å². The number of amides is 2. The topological polar surface area (TPSA) is 40.6 Å². The average Bonchev–Trinajstić information content (AvgIpc) is 3.03. The highest BCUT2D eigenvalue weighted by atomic mass is 35.5. The van der Waals surface area contributed by atoms with Crippen LogP contribution in [0.15, 0.2) is 24.3 Å². The van der Waals surface area contributed by atoms with Crippen LogP contribution in [0.4, 0.5) is 5.69 Å². The number of carbonyl (C=O) groups is 2. The van der Waals surface area contributed by atoms with Gasteiger partial charge in [0.25, 0.3) is 0 Å². The molecule has 0 spiro atoms. The summed E-state index contributed by atoms with van der Waals surface area (Å²) in [5, 5.41) is 0.613. The fourth-order valence-electron chi connectivity index (χ4n) is 3.45. The molecule has 1 heterocycles. The van der Waals surface area contributed by atoms with Gasteiger partial charge in [0.15, 0.2) is 0 Å². The lowest BCUT2D eigenvalue weighted by molar-refractivity contribution is -0.142. The quantitative estimate of drug-likeness (QED) is 0.840. The Labute approximate surface area is 136 Å². The maximum atomic E-state index is 12.6. The average molecular weight is 321 g/mol. The Morgan fingerprint density at radius 1 is 1.27 bits per heavy atom. The molecule has 2 amide bonds. The van der Waals surface area contributed by atoms with Gasteiger partial charge in [0.1, 0.15) is 6.54 Å². The number of piperazine rings is 1. The summed E-state index contributed by atoms with van der Waals surface area (Å²) in [5.74, 6) is 0.240. The van der Waals surface area contributed by atoms with Gasteiger partial charge in [-0.25, -0.2) is 0 Å². The molecule has 1 atom stereocenters. The molecule has 3 rings (SSSR count). The largest absolute Gasteiger partial charge is 0.329 e. The lowest BCUT2D eigenvalue weighted by atomic mass is 10.0. The monoisotopic (exact) mass is 320 g/mol. The van der Waals surface area contributed by atoms with E-state index >= 15 is 0 Å². The molecule has 1 saturated heterocycles. The minimum absolute atomic E-state index is 0.0322. The molecule has 0 radical (unpaired) electrons. The van der Waals surface area contributed by atoms with Gasteiger partial charge in [-0.2, -0.15) is 0 Å². The van der Waals surface area contributed by atoms with E-state index in [1.807, 2.05) is 19.1 Å². The summed E-state index contributed by atoms with van der Waals surface area (Å²) in [7, 11) is 0. The standard InChI is InChI=1S/C17H21ClN2O2/c1-12-10-20(15-8-4-7-14(18)9-15)16(21)11-19(12)17(22)13-5-2-3-6-13/h4,7-9,12-13H,2-3,5-6,10-11H2,1H3.